The Morgan fingerprint density at radius 2 is 1.97 bits per heavy atom. The third kappa shape index (κ3) is 4.17. The minimum absolute atomic E-state index is 0.153. The van der Waals surface area contributed by atoms with Crippen LogP contribution in [0.25, 0.3) is 15.9 Å². The zero-order valence-electron chi connectivity index (χ0n) is 17.1. The number of rotatable bonds is 5. The molecule has 31 heavy (non-hydrogen) atoms. The summed E-state index contributed by atoms with van der Waals surface area (Å²) in [7, 11) is 1.58. The van der Waals surface area contributed by atoms with E-state index < -0.39 is 17.2 Å². The van der Waals surface area contributed by atoms with Crippen molar-refractivity contribution in [3.8, 4) is 11.4 Å². The Labute approximate surface area is 186 Å². The predicted octanol–water partition coefficient (Wildman–Crippen LogP) is 3.01. The number of ether oxygens (including phenoxy) is 1. The van der Waals surface area contributed by atoms with Crippen LogP contribution in [-0.4, -0.2) is 33.8 Å². The standard InChI is InChI=1S/C21H22N4O4S2/c1-11(17(26)23-20(22)28)30-21-24-18-16(14-5-3-4-6-15(14)31-18)19(27)25(21)12-7-9-13(29-2)10-8-12/h7-11H,3-6H2,1-2H3,(H3,22,23,26,28)/t11-/m1/s1. The van der Waals surface area contributed by atoms with Gasteiger partial charge in [-0.3, -0.25) is 19.5 Å². The van der Waals surface area contributed by atoms with E-state index in [2.05, 4.69) is 5.32 Å². The van der Waals surface area contributed by atoms with Gasteiger partial charge in [0.2, 0.25) is 5.91 Å². The molecule has 2 heterocycles. The number of thioether (sulfide) groups is 1. The summed E-state index contributed by atoms with van der Waals surface area (Å²) in [5.74, 6) is 0.126. The molecule has 0 saturated carbocycles. The maximum atomic E-state index is 13.7. The molecular weight excluding hydrogens is 436 g/mol. The van der Waals surface area contributed by atoms with E-state index in [4.69, 9.17) is 15.5 Å². The van der Waals surface area contributed by atoms with E-state index in [0.29, 0.717) is 26.8 Å². The van der Waals surface area contributed by atoms with Crippen molar-refractivity contribution in [3.05, 3.63) is 45.1 Å². The van der Waals surface area contributed by atoms with Crippen molar-refractivity contribution in [2.75, 3.05) is 7.11 Å². The van der Waals surface area contributed by atoms with Crippen LogP contribution in [0.15, 0.2) is 34.2 Å². The molecule has 0 saturated heterocycles. The summed E-state index contributed by atoms with van der Waals surface area (Å²) in [6, 6.07) is 6.19. The number of carbonyl (C=O) groups is 2. The molecule has 3 amide bonds. The molecule has 10 heteroatoms. The molecule has 4 rings (SSSR count). The van der Waals surface area contributed by atoms with Gasteiger partial charge in [-0.15, -0.1) is 11.3 Å². The Morgan fingerprint density at radius 3 is 2.65 bits per heavy atom. The lowest BCUT2D eigenvalue weighted by atomic mass is 9.97. The number of nitrogens with zero attached hydrogens (tertiary/aromatic N) is 2. The maximum absolute atomic E-state index is 13.7. The molecule has 2 aromatic heterocycles. The molecule has 8 nitrogen and oxygen atoms in total. The molecule has 0 aliphatic heterocycles. The number of urea groups is 1. The van der Waals surface area contributed by atoms with E-state index >= 15 is 0 Å². The minimum Gasteiger partial charge on any atom is -0.497 e. The van der Waals surface area contributed by atoms with Crippen LogP contribution in [0.1, 0.15) is 30.2 Å². The molecule has 1 aliphatic rings. The number of imide groups is 1. The number of methoxy groups -OCH3 is 1. The van der Waals surface area contributed by atoms with Crippen molar-refractivity contribution in [1.29, 1.82) is 0 Å². The number of hydrogen-bond donors (Lipinski definition) is 2. The van der Waals surface area contributed by atoms with Gasteiger partial charge in [-0.2, -0.15) is 0 Å². The van der Waals surface area contributed by atoms with Crippen LogP contribution in [0, 0.1) is 0 Å². The molecule has 3 N–H and O–H groups in total. The molecule has 162 valence electrons. The van der Waals surface area contributed by atoms with Gasteiger partial charge in [-0.05, 0) is 62.4 Å². The van der Waals surface area contributed by atoms with Gasteiger partial charge in [0.05, 0.1) is 23.4 Å². The van der Waals surface area contributed by atoms with Gasteiger partial charge >= 0.3 is 6.03 Å². The van der Waals surface area contributed by atoms with Crippen molar-refractivity contribution in [2.45, 2.75) is 43.0 Å². The third-order valence-corrected chi connectivity index (χ3v) is 7.42. The quantitative estimate of drug-likeness (QED) is 0.448. The van der Waals surface area contributed by atoms with E-state index in [1.807, 2.05) is 0 Å². The lowest BCUT2D eigenvalue weighted by Crippen LogP contribution is -2.39. The highest BCUT2D eigenvalue weighted by atomic mass is 32.2. The van der Waals surface area contributed by atoms with Gasteiger partial charge in [0.1, 0.15) is 10.6 Å². The van der Waals surface area contributed by atoms with E-state index in [0.717, 1.165) is 43.0 Å². The number of hydrogen-bond acceptors (Lipinski definition) is 7. The first-order valence-corrected chi connectivity index (χ1v) is 11.6. The maximum Gasteiger partial charge on any atom is 0.318 e. The van der Waals surface area contributed by atoms with Crippen molar-refractivity contribution < 1.29 is 14.3 Å². The lowest BCUT2D eigenvalue weighted by Gasteiger charge is -2.16. The summed E-state index contributed by atoms with van der Waals surface area (Å²) >= 11 is 2.66. The fraction of sp³-hybridized carbons (Fsp3) is 0.333. The number of fused-ring (bicyclic) bond motifs is 3. The highest BCUT2D eigenvalue weighted by molar-refractivity contribution is 8.00. The number of benzene rings is 1. The number of nitrogens with two attached hydrogens (primary N) is 1. The Kier molecular flexibility index (Phi) is 6.01. The molecule has 0 bridgehead atoms. The van der Waals surface area contributed by atoms with Gasteiger partial charge in [0, 0.05) is 4.88 Å². The number of carbonyl (C=O) groups excluding carboxylic acids is 2. The Balaban J connectivity index is 1.87. The normalized spacial score (nSPS) is 14.1. The number of aromatic nitrogens is 2. The molecule has 3 aromatic rings. The number of nitrogens with one attached hydrogen (secondary N) is 1. The van der Waals surface area contributed by atoms with Crippen LogP contribution in [0.4, 0.5) is 4.79 Å². The third-order valence-electron chi connectivity index (χ3n) is 5.19. The smallest absolute Gasteiger partial charge is 0.318 e. The Bertz CT molecular complexity index is 1220. The summed E-state index contributed by atoms with van der Waals surface area (Å²) in [6.07, 6.45) is 4.00. The molecule has 0 unspecified atom stereocenters. The zero-order chi connectivity index (χ0) is 22.1. The van der Waals surface area contributed by atoms with E-state index in [-0.39, 0.29) is 5.56 Å². The topological polar surface area (TPSA) is 116 Å². The fourth-order valence-corrected chi connectivity index (χ4v) is 5.89. The largest absolute Gasteiger partial charge is 0.497 e. The number of amides is 3. The van der Waals surface area contributed by atoms with Gasteiger partial charge < -0.3 is 10.5 Å². The second kappa shape index (κ2) is 8.72. The SMILES string of the molecule is COc1ccc(-n2c(S[C@H](C)C(=O)NC(N)=O)nc3sc4c(c3c2=O)CCCC4)cc1. The second-order valence-electron chi connectivity index (χ2n) is 7.24. The minimum atomic E-state index is -0.917. The summed E-state index contributed by atoms with van der Waals surface area (Å²) < 4.78 is 6.76. The zero-order valence-corrected chi connectivity index (χ0v) is 18.8. The molecule has 0 fully saturated rings. The monoisotopic (exact) mass is 458 g/mol. The van der Waals surface area contributed by atoms with Crippen LogP contribution in [0.2, 0.25) is 0 Å². The van der Waals surface area contributed by atoms with E-state index in [1.165, 1.54) is 9.44 Å². The first kappa shape index (κ1) is 21.4. The number of aryl methyl sites for hydroxylation is 2. The average Bonchev–Trinajstić information content (AvgIpc) is 3.12. The molecule has 0 spiro atoms. The molecular formula is C21H22N4O4S2. The summed E-state index contributed by atoms with van der Waals surface area (Å²) in [6.45, 7) is 1.64. The number of thiophene rings is 1. The lowest BCUT2D eigenvalue weighted by molar-refractivity contribution is -0.119. The summed E-state index contributed by atoms with van der Waals surface area (Å²) in [4.78, 5) is 43.7. The number of primary amides is 1. The molecule has 1 aliphatic carbocycles. The predicted molar refractivity (Wildman–Crippen MR) is 121 cm³/mol. The van der Waals surface area contributed by atoms with Crippen LogP contribution in [0.5, 0.6) is 5.75 Å². The van der Waals surface area contributed by atoms with Crippen LogP contribution < -0.4 is 21.3 Å². The summed E-state index contributed by atoms with van der Waals surface area (Å²) in [5.41, 5.74) is 6.64. The van der Waals surface area contributed by atoms with Crippen molar-refractivity contribution in [1.82, 2.24) is 14.9 Å². The van der Waals surface area contributed by atoms with Crippen molar-refractivity contribution in [2.24, 2.45) is 5.73 Å². The molecule has 1 aromatic carbocycles. The van der Waals surface area contributed by atoms with Crippen molar-refractivity contribution >= 4 is 45.3 Å². The van der Waals surface area contributed by atoms with Gasteiger partial charge in [-0.25, -0.2) is 9.78 Å². The fourth-order valence-electron chi connectivity index (χ4n) is 3.66. The first-order chi connectivity index (χ1) is 14.9. The van der Waals surface area contributed by atoms with Gasteiger partial charge in [-0.1, -0.05) is 11.8 Å². The highest BCUT2D eigenvalue weighted by Gasteiger charge is 2.25. The molecule has 1 atom stereocenters. The van der Waals surface area contributed by atoms with Crippen LogP contribution in [-0.2, 0) is 17.6 Å². The molecule has 0 radical (unpaired) electrons. The Morgan fingerprint density at radius 1 is 1.26 bits per heavy atom. The van der Waals surface area contributed by atoms with Gasteiger partial charge in [0.15, 0.2) is 5.16 Å². The van der Waals surface area contributed by atoms with E-state index in [9.17, 15) is 14.4 Å². The Hall–Kier alpha value is -2.85. The summed E-state index contributed by atoms with van der Waals surface area (Å²) in [5, 5.41) is 2.44. The highest BCUT2D eigenvalue weighted by Crippen LogP contribution is 2.36. The van der Waals surface area contributed by atoms with E-state index in [1.54, 1.807) is 49.6 Å². The second-order valence-corrected chi connectivity index (χ2v) is 9.63. The van der Waals surface area contributed by atoms with Crippen LogP contribution in [0.3, 0.4) is 0 Å². The van der Waals surface area contributed by atoms with Gasteiger partial charge in [0.25, 0.3) is 5.56 Å². The average molecular weight is 459 g/mol. The first-order valence-electron chi connectivity index (χ1n) is 9.87. The van der Waals surface area contributed by atoms with Crippen LogP contribution >= 0.6 is 23.1 Å². The van der Waals surface area contributed by atoms with Crippen molar-refractivity contribution in [3.63, 3.8) is 0 Å².